The molecule has 0 aromatic carbocycles. The first-order valence-electron chi connectivity index (χ1n) is 4.77. The van der Waals surface area contributed by atoms with Crippen molar-refractivity contribution in [3.8, 4) is 0 Å². The minimum absolute atomic E-state index is 0.194. The van der Waals surface area contributed by atoms with Gasteiger partial charge < -0.3 is 9.64 Å². The third-order valence-corrected chi connectivity index (χ3v) is 3.41. The van der Waals surface area contributed by atoms with Gasteiger partial charge in [-0.15, -0.1) is 0 Å². The van der Waals surface area contributed by atoms with Crippen LogP contribution in [0.1, 0.15) is 6.92 Å². The number of rotatable bonds is 2. The molecule has 0 aliphatic carbocycles. The van der Waals surface area contributed by atoms with E-state index in [1.165, 1.54) is 11.3 Å². The zero-order valence-corrected chi connectivity index (χ0v) is 9.20. The molecule has 0 spiro atoms. The second kappa shape index (κ2) is 4.16. The molecule has 1 fully saturated rings. The Kier molecular flexibility index (Phi) is 2.88. The molecule has 0 saturated carbocycles. The van der Waals surface area contributed by atoms with Gasteiger partial charge in [-0.25, -0.2) is 0 Å². The number of morpholine rings is 1. The predicted octanol–water partition coefficient (Wildman–Crippen LogP) is 1.88. The molecule has 2 heterocycles. The van der Waals surface area contributed by atoms with Gasteiger partial charge in [-0.2, -0.15) is 0 Å². The Bertz CT molecular complexity index is 366. The highest BCUT2D eigenvalue weighted by atomic mass is 32.1. The van der Waals surface area contributed by atoms with E-state index >= 15 is 0 Å². The molecule has 15 heavy (non-hydrogen) atoms. The smallest absolute Gasteiger partial charge is 0.326 e. The van der Waals surface area contributed by atoms with Gasteiger partial charge in [0.25, 0.3) is 0 Å². The monoisotopic (exact) mass is 228 g/mol. The summed E-state index contributed by atoms with van der Waals surface area (Å²) in [6.45, 7) is 4.31. The Labute approximate surface area is 91.4 Å². The lowest BCUT2D eigenvalue weighted by Crippen LogP contribution is -2.40. The van der Waals surface area contributed by atoms with E-state index < -0.39 is 0 Å². The number of nitro groups is 1. The zero-order chi connectivity index (χ0) is 10.8. The number of anilines is 1. The number of nitrogens with zero attached hydrogens (tertiary/aromatic N) is 2. The molecule has 1 aromatic heterocycles. The molecule has 1 aliphatic rings. The van der Waals surface area contributed by atoms with E-state index in [4.69, 9.17) is 4.74 Å². The van der Waals surface area contributed by atoms with Crippen LogP contribution in [0.3, 0.4) is 0 Å². The minimum atomic E-state index is -0.349. The van der Waals surface area contributed by atoms with Gasteiger partial charge in [-0.1, -0.05) is 0 Å². The second-order valence-corrected chi connectivity index (χ2v) is 4.54. The van der Waals surface area contributed by atoms with E-state index in [1.807, 2.05) is 6.92 Å². The molecule has 1 saturated heterocycles. The molecule has 5 nitrogen and oxygen atoms in total. The van der Waals surface area contributed by atoms with Crippen LogP contribution in [0, 0.1) is 10.1 Å². The minimum Gasteiger partial charge on any atom is -0.375 e. The summed E-state index contributed by atoms with van der Waals surface area (Å²) in [7, 11) is 0. The molecule has 1 atom stereocenters. The molecular weight excluding hydrogens is 216 g/mol. The number of hydrogen-bond acceptors (Lipinski definition) is 5. The van der Waals surface area contributed by atoms with Crippen LogP contribution in [-0.4, -0.2) is 30.7 Å². The van der Waals surface area contributed by atoms with Gasteiger partial charge in [-0.05, 0) is 24.3 Å². The summed E-state index contributed by atoms with van der Waals surface area (Å²) in [4.78, 5) is 12.3. The molecule has 0 N–H and O–H groups in total. The van der Waals surface area contributed by atoms with Crippen LogP contribution < -0.4 is 4.90 Å². The maximum Gasteiger partial charge on any atom is 0.326 e. The van der Waals surface area contributed by atoms with Crippen molar-refractivity contribution < 1.29 is 9.66 Å². The fourth-order valence-corrected chi connectivity index (χ4v) is 2.46. The average Bonchev–Trinajstić information content (AvgIpc) is 2.66. The summed E-state index contributed by atoms with van der Waals surface area (Å²) in [5, 5.41) is 11.7. The van der Waals surface area contributed by atoms with Crippen LogP contribution in [0.5, 0.6) is 0 Å². The molecule has 0 unspecified atom stereocenters. The lowest BCUT2D eigenvalue weighted by molar-refractivity contribution is -0.380. The standard InChI is InChI=1S/C9H12N2O3S/c1-7-6-10(4-5-14-7)8-2-3-9(15-8)11(12)13/h2-3,7H,4-6H2,1H3/t7-/m1/s1. The van der Waals surface area contributed by atoms with Crippen molar-refractivity contribution in [2.75, 3.05) is 24.6 Å². The Morgan fingerprint density at radius 2 is 2.47 bits per heavy atom. The predicted molar refractivity (Wildman–Crippen MR) is 58.6 cm³/mol. The Balaban J connectivity index is 2.11. The molecule has 2 rings (SSSR count). The lowest BCUT2D eigenvalue weighted by atomic mass is 10.3. The summed E-state index contributed by atoms with van der Waals surface area (Å²) >= 11 is 1.22. The van der Waals surface area contributed by atoms with Crippen LogP contribution in [0.4, 0.5) is 10.0 Å². The summed E-state index contributed by atoms with van der Waals surface area (Å²) in [5.74, 6) is 0. The molecular formula is C9H12N2O3S. The molecule has 0 bridgehead atoms. The van der Waals surface area contributed by atoms with Crippen molar-refractivity contribution in [3.05, 3.63) is 22.2 Å². The van der Waals surface area contributed by atoms with Crippen LogP contribution in [0.2, 0.25) is 0 Å². The first-order chi connectivity index (χ1) is 7.16. The van der Waals surface area contributed by atoms with Crippen molar-refractivity contribution in [1.29, 1.82) is 0 Å². The fraction of sp³-hybridized carbons (Fsp3) is 0.556. The van der Waals surface area contributed by atoms with Crippen molar-refractivity contribution in [2.45, 2.75) is 13.0 Å². The van der Waals surface area contributed by atoms with E-state index in [-0.39, 0.29) is 16.0 Å². The van der Waals surface area contributed by atoms with E-state index in [0.29, 0.717) is 6.61 Å². The third kappa shape index (κ3) is 2.27. The lowest BCUT2D eigenvalue weighted by Gasteiger charge is -2.31. The van der Waals surface area contributed by atoms with Crippen molar-refractivity contribution in [3.63, 3.8) is 0 Å². The van der Waals surface area contributed by atoms with Gasteiger partial charge in [0.15, 0.2) is 0 Å². The summed E-state index contributed by atoms with van der Waals surface area (Å²) in [5.41, 5.74) is 0. The summed E-state index contributed by atoms with van der Waals surface area (Å²) < 4.78 is 5.41. The van der Waals surface area contributed by atoms with Crippen LogP contribution in [0.25, 0.3) is 0 Å². The molecule has 1 aliphatic heterocycles. The Morgan fingerprint density at radius 3 is 3.07 bits per heavy atom. The average molecular weight is 228 g/mol. The van der Waals surface area contributed by atoms with Crippen LogP contribution >= 0.6 is 11.3 Å². The number of hydrogen-bond donors (Lipinski definition) is 0. The maximum absolute atomic E-state index is 10.5. The van der Waals surface area contributed by atoms with Crippen LogP contribution in [0.15, 0.2) is 12.1 Å². The quantitative estimate of drug-likeness (QED) is 0.573. The van der Waals surface area contributed by atoms with E-state index in [1.54, 1.807) is 12.1 Å². The SMILES string of the molecule is C[C@@H]1CN(c2ccc([N+](=O)[O-])s2)CCO1. The Morgan fingerprint density at radius 1 is 1.67 bits per heavy atom. The van der Waals surface area contributed by atoms with Gasteiger partial charge in [-0.3, -0.25) is 10.1 Å². The highest BCUT2D eigenvalue weighted by Crippen LogP contribution is 2.32. The van der Waals surface area contributed by atoms with Crippen molar-refractivity contribution in [2.24, 2.45) is 0 Å². The van der Waals surface area contributed by atoms with Crippen LogP contribution in [-0.2, 0) is 4.74 Å². The van der Waals surface area contributed by atoms with Gasteiger partial charge in [0.05, 0.1) is 22.6 Å². The molecule has 0 amide bonds. The normalized spacial score (nSPS) is 21.7. The first-order valence-corrected chi connectivity index (χ1v) is 5.59. The van der Waals surface area contributed by atoms with E-state index in [0.717, 1.165) is 18.1 Å². The van der Waals surface area contributed by atoms with Crippen molar-refractivity contribution >= 4 is 21.3 Å². The van der Waals surface area contributed by atoms with Gasteiger partial charge in [0.2, 0.25) is 0 Å². The van der Waals surface area contributed by atoms with E-state index in [2.05, 4.69) is 4.90 Å². The third-order valence-electron chi connectivity index (χ3n) is 2.31. The number of ether oxygens (including phenoxy) is 1. The van der Waals surface area contributed by atoms with Gasteiger partial charge in [0, 0.05) is 19.2 Å². The Hall–Kier alpha value is -1.14. The van der Waals surface area contributed by atoms with Gasteiger partial charge >= 0.3 is 5.00 Å². The van der Waals surface area contributed by atoms with E-state index in [9.17, 15) is 10.1 Å². The first kappa shape index (κ1) is 10.4. The fourth-order valence-electron chi connectivity index (χ4n) is 1.60. The topological polar surface area (TPSA) is 55.6 Å². The summed E-state index contributed by atoms with van der Waals surface area (Å²) in [6.07, 6.45) is 0.194. The highest BCUT2D eigenvalue weighted by Gasteiger charge is 2.20. The molecule has 6 heteroatoms. The highest BCUT2D eigenvalue weighted by molar-refractivity contribution is 7.19. The van der Waals surface area contributed by atoms with Crippen molar-refractivity contribution in [1.82, 2.24) is 0 Å². The maximum atomic E-state index is 10.5. The largest absolute Gasteiger partial charge is 0.375 e. The molecule has 82 valence electrons. The van der Waals surface area contributed by atoms with Gasteiger partial charge in [0.1, 0.15) is 0 Å². The zero-order valence-electron chi connectivity index (χ0n) is 8.38. The summed E-state index contributed by atoms with van der Waals surface area (Å²) in [6, 6.07) is 3.36. The number of thiophene rings is 1. The molecule has 1 aromatic rings. The second-order valence-electron chi connectivity index (χ2n) is 3.50. The molecule has 0 radical (unpaired) electrons.